The Hall–Kier alpha value is -1.38. The fourth-order valence-electron chi connectivity index (χ4n) is 1.23. The monoisotopic (exact) mass is 192 g/mol. The van der Waals surface area contributed by atoms with Crippen LogP contribution in [0.3, 0.4) is 0 Å². The summed E-state index contributed by atoms with van der Waals surface area (Å²) in [6, 6.07) is 5.69. The predicted octanol–water partition coefficient (Wildman–Crippen LogP) is 1.84. The van der Waals surface area contributed by atoms with Gasteiger partial charge in [-0.2, -0.15) is 0 Å². The van der Waals surface area contributed by atoms with Crippen molar-refractivity contribution in [3.8, 4) is 0 Å². The Balaban J connectivity index is 2.80. The first-order valence-electron chi connectivity index (χ1n) is 4.79. The van der Waals surface area contributed by atoms with Crippen LogP contribution < -0.4 is 5.32 Å². The van der Waals surface area contributed by atoms with Gasteiger partial charge in [0.2, 0.25) is 5.91 Å². The van der Waals surface area contributed by atoms with E-state index in [-0.39, 0.29) is 5.91 Å². The highest BCUT2D eigenvalue weighted by Crippen LogP contribution is 2.16. The summed E-state index contributed by atoms with van der Waals surface area (Å²) in [5.74, 6) is 0.0423. The lowest BCUT2D eigenvalue weighted by Gasteiger charge is -2.25. The standard InChI is InChI=1S/C11H16N2O/c1-4-10(14)13-11(2,3)9-7-5-6-8-12-9/h5-8H,4H2,1-3H3,(H,13,14). The largest absolute Gasteiger partial charge is 0.346 e. The van der Waals surface area contributed by atoms with Crippen LogP contribution in [0.25, 0.3) is 0 Å². The lowest BCUT2D eigenvalue weighted by atomic mass is 10.00. The van der Waals surface area contributed by atoms with Crippen molar-refractivity contribution in [2.45, 2.75) is 32.7 Å². The van der Waals surface area contributed by atoms with Crippen molar-refractivity contribution in [3.05, 3.63) is 30.1 Å². The fourth-order valence-corrected chi connectivity index (χ4v) is 1.23. The Morgan fingerprint density at radius 3 is 2.71 bits per heavy atom. The smallest absolute Gasteiger partial charge is 0.220 e. The van der Waals surface area contributed by atoms with Crippen molar-refractivity contribution in [1.29, 1.82) is 0 Å². The first kappa shape index (κ1) is 10.7. The zero-order valence-corrected chi connectivity index (χ0v) is 8.87. The molecule has 1 heterocycles. The van der Waals surface area contributed by atoms with Crippen LogP contribution in [0.4, 0.5) is 0 Å². The topological polar surface area (TPSA) is 42.0 Å². The predicted molar refractivity (Wildman–Crippen MR) is 55.7 cm³/mol. The van der Waals surface area contributed by atoms with Crippen molar-refractivity contribution < 1.29 is 4.79 Å². The highest BCUT2D eigenvalue weighted by molar-refractivity contribution is 5.76. The number of carbonyl (C=O) groups excluding carboxylic acids is 1. The van der Waals surface area contributed by atoms with Gasteiger partial charge in [0.05, 0.1) is 11.2 Å². The molecule has 0 saturated carbocycles. The number of nitrogens with zero attached hydrogens (tertiary/aromatic N) is 1. The minimum absolute atomic E-state index is 0.0423. The minimum atomic E-state index is -0.394. The van der Waals surface area contributed by atoms with E-state index in [1.54, 1.807) is 6.20 Å². The van der Waals surface area contributed by atoms with Gasteiger partial charge >= 0.3 is 0 Å². The van der Waals surface area contributed by atoms with E-state index in [0.717, 1.165) is 5.69 Å². The number of rotatable bonds is 3. The van der Waals surface area contributed by atoms with Crippen LogP contribution in [-0.2, 0) is 10.3 Å². The summed E-state index contributed by atoms with van der Waals surface area (Å²) in [6.45, 7) is 5.73. The van der Waals surface area contributed by atoms with Crippen molar-refractivity contribution in [3.63, 3.8) is 0 Å². The highest BCUT2D eigenvalue weighted by Gasteiger charge is 2.22. The maximum atomic E-state index is 11.3. The van der Waals surface area contributed by atoms with Gasteiger partial charge in [0.1, 0.15) is 0 Å². The third-order valence-electron chi connectivity index (χ3n) is 2.08. The maximum absolute atomic E-state index is 11.3. The molecular weight excluding hydrogens is 176 g/mol. The minimum Gasteiger partial charge on any atom is -0.346 e. The third kappa shape index (κ3) is 2.55. The maximum Gasteiger partial charge on any atom is 0.220 e. The molecule has 0 fully saturated rings. The molecule has 1 aromatic rings. The molecule has 0 aliphatic heterocycles. The van der Waals surface area contributed by atoms with Crippen LogP contribution in [0.5, 0.6) is 0 Å². The number of amides is 1. The summed E-state index contributed by atoms with van der Waals surface area (Å²) in [6.07, 6.45) is 2.23. The van der Waals surface area contributed by atoms with Crippen molar-refractivity contribution in [1.82, 2.24) is 10.3 Å². The van der Waals surface area contributed by atoms with Gasteiger partial charge in [0, 0.05) is 12.6 Å². The van der Waals surface area contributed by atoms with E-state index in [4.69, 9.17) is 0 Å². The van der Waals surface area contributed by atoms with Crippen molar-refractivity contribution in [2.75, 3.05) is 0 Å². The average molecular weight is 192 g/mol. The zero-order valence-electron chi connectivity index (χ0n) is 8.87. The Morgan fingerprint density at radius 2 is 2.21 bits per heavy atom. The number of hydrogen-bond acceptors (Lipinski definition) is 2. The zero-order chi connectivity index (χ0) is 10.6. The van der Waals surface area contributed by atoms with Crippen LogP contribution in [0.2, 0.25) is 0 Å². The normalized spacial score (nSPS) is 11.1. The van der Waals surface area contributed by atoms with Crippen LogP contribution >= 0.6 is 0 Å². The van der Waals surface area contributed by atoms with E-state index in [2.05, 4.69) is 10.3 Å². The quantitative estimate of drug-likeness (QED) is 0.794. The molecule has 0 radical (unpaired) electrons. The summed E-state index contributed by atoms with van der Waals surface area (Å²) in [5.41, 5.74) is 0.482. The van der Waals surface area contributed by atoms with E-state index in [0.29, 0.717) is 6.42 Å². The fraction of sp³-hybridized carbons (Fsp3) is 0.455. The van der Waals surface area contributed by atoms with Gasteiger partial charge in [0.15, 0.2) is 0 Å². The van der Waals surface area contributed by atoms with E-state index in [1.165, 1.54) is 0 Å². The molecule has 0 aliphatic carbocycles. The van der Waals surface area contributed by atoms with Crippen LogP contribution in [-0.4, -0.2) is 10.9 Å². The molecule has 0 atom stereocenters. The van der Waals surface area contributed by atoms with Gasteiger partial charge < -0.3 is 5.32 Å². The number of pyridine rings is 1. The van der Waals surface area contributed by atoms with Gasteiger partial charge in [-0.1, -0.05) is 13.0 Å². The highest BCUT2D eigenvalue weighted by atomic mass is 16.1. The summed E-state index contributed by atoms with van der Waals surface area (Å²) < 4.78 is 0. The molecule has 1 aromatic heterocycles. The Bertz CT molecular complexity index is 306. The van der Waals surface area contributed by atoms with Crippen LogP contribution in [0, 0.1) is 0 Å². The molecule has 14 heavy (non-hydrogen) atoms. The summed E-state index contributed by atoms with van der Waals surface area (Å²) in [5, 5.41) is 2.92. The molecule has 1 amide bonds. The first-order valence-corrected chi connectivity index (χ1v) is 4.79. The Morgan fingerprint density at radius 1 is 1.50 bits per heavy atom. The molecule has 1 rings (SSSR count). The first-order chi connectivity index (χ1) is 6.56. The lowest BCUT2D eigenvalue weighted by molar-refractivity contribution is -0.122. The molecule has 0 aliphatic rings. The van der Waals surface area contributed by atoms with Crippen LogP contribution in [0.15, 0.2) is 24.4 Å². The van der Waals surface area contributed by atoms with E-state index >= 15 is 0 Å². The van der Waals surface area contributed by atoms with Crippen molar-refractivity contribution >= 4 is 5.91 Å². The van der Waals surface area contributed by atoms with Gasteiger partial charge in [-0.25, -0.2) is 0 Å². The molecular formula is C11H16N2O. The molecule has 3 nitrogen and oxygen atoms in total. The number of carbonyl (C=O) groups is 1. The molecule has 3 heteroatoms. The molecule has 0 spiro atoms. The molecule has 0 saturated heterocycles. The van der Waals surface area contributed by atoms with E-state index in [1.807, 2.05) is 39.0 Å². The number of nitrogens with one attached hydrogen (secondary N) is 1. The molecule has 0 bridgehead atoms. The van der Waals surface area contributed by atoms with Gasteiger partial charge in [0.25, 0.3) is 0 Å². The summed E-state index contributed by atoms with van der Waals surface area (Å²) >= 11 is 0. The summed E-state index contributed by atoms with van der Waals surface area (Å²) in [7, 11) is 0. The molecule has 1 N–H and O–H groups in total. The number of hydrogen-bond donors (Lipinski definition) is 1. The Labute approximate surface area is 84.6 Å². The second kappa shape index (κ2) is 4.22. The van der Waals surface area contributed by atoms with Gasteiger partial charge in [-0.15, -0.1) is 0 Å². The van der Waals surface area contributed by atoms with Gasteiger partial charge in [-0.05, 0) is 26.0 Å². The van der Waals surface area contributed by atoms with E-state index < -0.39 is 5.54 Å². The summed E-state index contributed by atoms with van der Waals surface area (Å²) in [4.78, 5) is 15.5. The average Bonchev–Trinajstić information content (AvgIpc) is 2.18. The second-order valence-corrected chi connectivity index (χ2v) is 3.74. The molecule has 0 unspecified atom stereocenters. The SMILES string of the molecule is CCC(=O)NC(C)(C)c1ccccn1. The number of aromatic nitrogens is 1. The molecule has 76 valence electrons. The van der Waals surface area contributed by atoms with E-state index in [9.17, 15) is 4.79 Å². The Kier molecular flexibility index (Phi) is 3.23. The third-order valence-corrected chi connectivity index (χ3v) is 2.08. The van der Waals surface area contributed by atoms with Gasteiger partial charge in [-0.3, -0.25) is 9.78 Å². The second-order valence-electron chi connectivity index (χ2n) is 3.74. The molecule has 0 aromatic carbocycles. The van der Waals surface area contributed by atoms with Crippen molar-refractivity contribution in [2.24, 2.45) is 0 Å². The van der Waals surface area contributed by atoms with Crippen LogP contribution in [0.1, 0.15) is 32.9 Å². The lowest BCUT2D eigenvalue weighted by Crippen LogP contribution is -2.41.